The van der Waals surface area contributed by atoms with Gasteiger partial charge in [0, 0.05) is 26.6 Å². The Morgan fingerprint density at radius 1 is 1.41 bits per heavy atom. The zero-order valence-corrected chi connectivity index (χ0v) is 13.0. The topological polar surface area (TPSA) is 56.2 Å². The van der Waals surface area contributed by atoms with Crippen LogP contribution in [0.3, 0.4) is 0 Å². The van der Waals surface area contributed by atoms with Gasteiger partial charge in [0.15, 0.2) is 0 Å². The van der Waals surface area contributed by atoms with E-state index >= 15 is 0 Å². The van der Waals surface area contributed by atoms with Gasteiger partial charge in [0.1, 0.15) is 11.9 Å². The van der Waals surface area contributed by atoms with E-state index in [1.165, 1.54) is 0 Å². The number of ether oxygens (including phenoxy) is 1. The molecule has 1 aliphatic heterocycles. The van der Waals surface area contributed by atoms with Crippen molar-refractivity contribution in [2.45, 2.75) is 38.2 Å². The average Bonchev–Trinajstić information content (AvgIpc) is 2.89. The molecule has 0 radical (unpaired) electrons. The maximum absolute atomic E-state index is 12.0. The molecule has 2 aromatic rings. The van der Waals surface area contributed by atoms with Crippen LogP contribution >= 0.6 is 0 Å². The summed E-state index contributed by atoms with van der Waals surface area (Å²) in [6, 6.07) is 8.14. The number of para-hydroxylation sites is 2. The number of imidazole rings is 1. The summed E-state index contributed by atoms with van der Waals surface area (Å²) in [5.41, 5.74) is 2.18. The van der Waals surface area contributed by atoms with Crippen LogP contribution in [0.5, 0.6) is 0 Å². The van der Waals surface area contributed by atoms with Gasteiger partial charge in [-0.25, -0.2) is 4.98 Å². The molecule has 1 aliphatic rings. The van der Waals surface area contributed by atoms with E-state index in [4.69, 9.17) is 4.74 Å². The third-order valence-corrected chi connectivity index (χ3v) is 4.23. The Balaban J connectivity index is 1.48. The van der Waals surface area contributed by atoms with Crippen LogP contribution < -0.4 is 5.32 Å². The van der Waals surface area contributed by atoms with Crippen molar-refractivity contribution in [3.8, 4) is 0 Å². The van der Waals surface area contributed by atoms with Crippen LogP contribution in [-0.2, 0) is 23.0 Å². The quantitative estimate of drug-likeness (QED) is 0.861. The predicted octanol–water partition coefficient (Wildman–Crippen LogP) is 2.19. The molecule has 5 nitrogen and oxygen atoms in total. The summed E-state index contributed by atoms with van der Waals surface area (Å²) in [5, 5.41) is 2.97. The highest BCUT2D eigenvalue weighted by atomic mass is 16.5. The molecule has 22 heavy (non-hydrogen) atoms. The van der Waals surface area contributed by atoms with Gasteiger partial charge in [-0.3, -0.25) is 4.79 Å². The molecule has 118 valence electrons. The fourth-order valence-corrected chi connectivity index (χ4v) is 2.94. The molecule has 1 aromatic heterocycles. The second kappa shape index (κ2) is 6.92. The van der Waals surface area contributed by atoms with Crippen molar-refractivity contribution in [2.24, 2.45) is 7.05 Å². The van der Waals surface area contributed by atoms with Gasteiger partial charge in [0.05, 0.1) is 11.0 Å². The Morgan fingerprint density at radius 3 is 3.05 bits per heavy atom. The predicted molar refractivity (Wildman–Crippen MR) is 85.6 cm³/mol. The summed E-state index contributed by atoms with van der Waals surface area (Å²) in [5.74, 6) is 1.09. The lowest BCUT2D eigenvalue weighted by Gasteiger charge is -2.21. The first-order chi connectivity index (χ1) is 10.8. The molecule has 1 unspecified atom stereocenters. The van der Waals surface area contributed by atoms with Crippen LogP contribution in [0.15, 0.2) is 24.3 Å². The van der Waals surface area contributed by atoms with Crippen LogP contribution in [0, 0.1) is 0 Å². The zero-order valence-electron chi connectivity index (χ0n) is 13.0. The minimum Gasteiger partial charge on any atom is -0.368 e. The van der Waals surface area contributed by atoms with Crippen LogP contribution in [0.25, 0.3) is 11.0 Å². The smallest absolute Gasteiger partial charge is 0.249 e. The SMILES string of the molecule is Cn1c(CCCNC(=O)C2CCCCO2)nc2ccccc21. The van der Waals surface area contributed by atoms with Gasteiger partial charge in [-0.2, -0.15) is 0 Å². The Kier molecular flexibility index (Phi) is 4.73. The minimum absolute atomic E-state index is 0.0321. The molecule has 1 amide bonds. The highest BCUT2D eigenvalue weighted by Gasteiger charge is 2.21. The lowest BCUT2D eigenvalue weighted by atomic mass is 10.1. The average molecular weight is 301 g/mol. The van der Waals surface area contributed by atoms with Gasteiger partial charge in [0.2, 0.25) is 5.91 Å². The number of carbonyl (C=O) groups excluding carboxylic acids is 1. The Morgan fingerprint density at radius 2 is 2.27 bits per heavy atom. The molecule has 1 N–H and O–H groups in total. The number of carbonyl (C=O) groups is 1. The van der Waals surface area contributed by atoms with Gasteiger partial charge < -0.3 is 14.6 Å². The van der Waals surface area contributed by atoms with Crippen molar-refractivity contribution >= 4 is 16.9 Å². The lowest BCUT2D eigenvalue weighted by Crippen LogP contribution is -2.38. The van der Waals surface area contributed by atoms with Gasteiger partial charge in [-0.1, -0.05) is 12.1 Å². The molecule has 5 heteroatoms. The molecule has 3 rings (SSSR count). The standard InChI is InChI=1S/C17H23N3O2/c1-20-14-8-3-2-7-13(14)19-16(20)10-6-11-18-17(21)15-9-4-5-12-22-15/h2-3,7-8,15H,4-6,9-12H2,1H3,(H,18,21). The van der Waals surface area contributed by atoms with Crippen LogP contribution in [-0.4, -0.2) is 34.7 Å². The summed E-state index contributed by atoms with van der Waals surface area (Å²) in [4.78, 5) is 16.6. The molecule has 0 saturated carbocycles. The minimum atomic E-state index is -0.246. The number of amides is 1. The van der Waals surface area contributed by atoms with Crippen molar-refractivity contribution in [3.63, 3.8) is 0 Å². The Hall–Kier alpha value is -1.88. The Bertz CT molecular complexity index is 644. The third kappa shape index (κ3) is 3.30. The molecule has 1 aromatic carbocycles. The van der Waals surface area contributed by atoms with E-state index in [9.17, 15) is 4.79 Å². The van der Waals surface area contributed by atoms with E-state index in [0.717, 1.165) is 49.0 Å². The van der Waals surface area contributed by atoms with Crippen molar-refractivity contribution in [1.29, 1.82) is 0 Å². The zero-order chi connectivity index (χ0) is 15.4. The molecule has 0 bridgehead atoms. The molecule has 1 fully saturated rings. The van der Waals surface area contributed by atoms with Crippen molar-refractivity contribution in [3.05, 3.63) is 30.1 Å². The van der Waals surface area contributed by atoms with Gasteiger partial charge in [-0.05, 0) is 37.8 Å². The van der Waals surface area contributed by atoms with E-state index in [1.807, 2.05) is 25.2 Å². The number of aryl methyl sites for hydroxylation is 2. The number of aromatic nitrogens is 2. The first-order valence-electron chi connectivity index (χ1n) is 8.05. The first kappa shape index (κ1) is 15.0. The maximum atomic E-state index is 12.0. The van der Waals surface area contributed by atoms with Crippen molar-refractivity contribution < 1.29 is 9.53 Å². The molecule has 2 heterocycles. The number of rotatable bonds is 5. The number of hydrogen-bond acceptors (Lipinski definition) is 3. The maximum Gasteiger partial charge on any atom is 0.249 e. The summed E-state index contributed by atoms with van der Waals surface area (Å²) < 4.78 is 7.61. The van der Waals surface area contributed by atoms with E-state index < -0.39 is 0 Å². The highest BCUT2D eigenvalue weighted by molar-refractivity contribution is 5.80. The van der Waals surface area contributed by atoms with E-state index in [-0.39, 0.29) is 12.0 Å². The van der Waals surface area contributed by atoms with Crippen molar-refractivity contribution in [2.75, 3.05) is 13.2 Å². The first-order valence-corrected chi connectivity index (χ1v) is 8.05. The van der Waals surface area contributed by atoms with E-state index in [2.05, 4.69) is 20.9 Å². The number of fused-ring (bicyclic) bond motifs is 1. The van der Waals surface area contributed by atoms with Gasteiger partial charge >= 0.3 is 0 Å². The lowest BCUT2D eigenvalue weighted by molar-refractivity contribution is -0.135. The summed E-state index contributed by atoms with van der Waals surface area (Å²) >= 11 is 0. The summed E-state index contributed by atoms with van der Waals surface area (Å²) in [6.45, 7) is 1.37. The second-order valence-electron chi connectivity index (χ2n) is 5.83. The highest BCUT2D eigenvalue weighted by Crippen LogP contribution is 2.15. The normalized spacial score (nSPS) is 18.5. The monoisotopic (exact) mass is 301 g/mol. The number of benzene rings is 1. The van der Waals surface area contributed by atoms with Gasteiger partial charge in [-0.15, -0.1) is 0 Å². The van der Waals surface area contributed by atoms with Crippen LogP contribution in [0.4, 0.5) is 0 Å². The fourth-order valence-electron chi connectivity index (χ4n) is 2.94. The largest absolute Gasteiger partial charge is 0.368 e. The van der Waals surface area contributed by atoms with E-state index in [1.54, 1.807) is 0 Å². The molecule has 0 aliphatic carbocycles. The van der Waals surface area contributed by atoms with E-state index in [0.29, 0.717) is 13.2 Å². The number of hydrogen-bond donors (Lipinski definition) is 1. The van der Waals surface area contributed by atoms with Gasteiger partial charge in [0.25, 0.3) is 0 Å². The molecule has 1 saturated heterocycles. The summed E-state index contributed by atoms with van der Waals surface area (Å²) in [7, 11) is 2.04. The molecular weight excluding hydrogens is 278 g/mol. The number of nitrogens with zero attached hydrogens (tertiary/aromatic N) is 2. The molecule has 0 spiro atoms. The third-order valence-electron chi connectivity index (χ3n) is 4.23. The second-order valence-corrected chi connectivity index (χ2v) is 5.83. The Labute approximate surface area is 130 Å². The number of nitrogens with one attached hydrogen (secondary N) is 1. The van der Waals surface area contributed by atoms with Crippen LogP contribution in [0.1, 0.15) is 31.5 Å². The summed E-state index contributed by atoms with van der Waals surface area (Å²) in [6.07, 6.45) is 4.49. The fraction of sp³-hybridized carbons (Fsp3) is 0.529. The van der Waals surface area contributed by atoms with Crippen molar-refractivity contribution in [1.82, 2.24) is 14.9 Å². The van der Waals surface area contributed by atoms with Crippen LogP contribution in [0.2, 0.25) is 0 Å². The molecular formula is C17H23N3O2. The molecule has 1 atom stereocenters.